The van der Waals surface area contributed by atoms with Gasteiger partial charge >= 0.3 is 0 Å². The van der Waals surface area contributed by atoms with Gasteiger partial charge < -0.3 is 10.2 Å². The predicted molar refractivity (Wildman–Crippen MR) is 107 cm³/mol. The number of hydrogen-bond donors (Lipinski definition) is 1. The lowest BCUT2D eigenvalue weighted by atomic mass is 9.90. The quantitative estimate of drug-likeness (QED) is 0.724. The second-order valence-electron chi connectivity index (χ2n) is 7.30. The van der Waals surface area contributed by atoms with Gasteiger partial charge in [0, 0.05) is 23.8 Å². The highest BCUT2D eigenvalue weighted by molar-refractivity contribution is 6.16. The zero-order valence-electron chi connectivity index (χ0n) is 15.4. The molecule has 1 aliphatic rings. The van der Waals surface area contributed by atoms with Crippen LogP contribution in [-0.4, -0.2) is 23.3 Å². The molecule has 0 saturated heterocycles. The second kappa shape index (κ2) is 6.50. The molecule has 1 N–H and O–H groups in total. The van der Waals surface area contributed by atoms with Crippen LogP contribution in [0.5, 0.6) is 0 Å². The molecule has 0 unspecified atom stereocenters. The maximum absolute atomic E-state index is 13.2. The van der Waals surface area contributed by atoms with Crippen LogP contribution in [0, 0.1) is 5.41 Å². The summed E-state index contributed by atoms with van der Waals surface area (Å²) in [5.41, 5.74) is 2.16. The Labute approximate surface area is 158 Å². The van der Waals surface area contributed by atoms with Gasteiger partial charge in [-0.15, -0.1) is 0 Å². The molecular weight excluding hydrogens is 338 g/mol. The number of anilines is 2. The minimum atomic E-state index is -1.20. The molecule has 5 nitrogen and oxygen atoms in total. The molecule has 2 aromatic carbocycles. The van der Waals surface area contributed by atoms with Crippen LogP contribution < -0.4 is 10.2 Å². The molecule has 0 spiro atoms. The SMILES string of the molecule is CC(C)(C(=O)Nc1cccc2cccnc12)C(=O)N1CCc2ccccc21. The first-order valence-electron chi connectivity index (χ1n) is 9.03. The highest BCUT2D eigenvalue weighted by Gasteiger charge is 2.41. The maximum Gasteiger partial charge on any atom is 0.242 e. The number of carbonyl (C=O) groups is 2. The second-order valence-corrected chi connectivity index (χ2v) is 7.30. The third kappa shape index (κ3) is 2.95. The van der Waals surface area contributed by atoms with Crippen LogP contribution in [-0.2, 0) is 16.0 Å². The molecule has 4 rings (SSSR count). The summed E-state index contributed by atoms with van der Waals surface area (Å²) >= 11 is 0. The Morgan fingerprint density at radius 2 is 1.81 bits per heavy atom. The number of rotatable bonds is 3. The number of benzene rings is 2. The Hall–Kier alpha value is -3.21. The van der Waals surface area contributed by atoms with Crippen molar-refractivity contribution in [2.75, 3.05) is 16.8 Å². The van der Waals surface area contributed by atoms with Gasteiger partial charge in [-0.3, -0.25) is 14.6 Å². The third-order valence-electron chi connectivity index (χ3n) is 5.12. The van der Waals surface area contributed by atoms with E-state index in [4.69, 9.17) is 0 Å². The van der Waals surface area contributed by atoms with Gasteiger partial charge in [-0.25, -0.2) is 0 Å². The molecule has 0 saturated carbocycles. The molecule has 3 aromatic rings. The Morgan fingerprint density at radius 1 is 1.04 bits per heavy atom. The van der Waals surface area contributed by atoms with Crippen molar-refractivity contribution in [3.05, 3.63) is 66.4 Å². The zero-order chi connectivity index (χ0) is 19.0. The lowest BCUT2D eigenvalue weighted by molar-refractivity contribution is -0.136. The van der Waals surface area contributed by atoms with Gasteiger partial charge in [-0.05, 0) is 44.0 Å². The molecule has 0 radical (unpaired) electrons. The number of carbonyl (C=O) groups excluding carboxylic acids is 2. The number of fused-ring (bicyclic) bond motifs is 2. The van der Waals surface area contributed by atoms with Gasteiger partial charge in [0.25, 0.3) is 0 Å². The van der Waals surface area contributed by atoms with Crippen molar-refractivity contribution in [2.24, 2.45) is 5.41 Å². The first kappa shape index (κ1) is 17.2. The number of pyridine rings is 1. The summed E-state index contributed by atoms with van der Waals surface area (Å²) in [4.78, 5) is 32.3. The predicted octanol–water partition coefficient (Wildman–Crippen LogP) is 3.79. The van der Waals surface area contributed by atoms with Crippen molar-refractivity contribution in [1.82, 2.24) is 4.98 Å². The smallest absolute Gasteiger partial charge is 0.242 e. The zero-order valence-corrected chi connectivity index (χ0v) is 15.4. The van der Waals surface area contributed by atoms with E-state index < -0.39 is 5.41 Å². The van der Waals surface area contributed by atoms with E-state index >= 15 is 0 Å². The van der Waals surface area contributed by atoms with Gasteiger partial charge in [-0.2, -0.15) is 0 Å². The van der Waals surface area contributed by atoms with Gasteiger partial charge in [0.2, 0.25) is 11.8 Å². The van der Waals surface area contributed by atoms with Crippen LogP contribution >= 0.6 is 0 Å². The molecule has 0 fully saturated rings. The van der Waals surface area contributed by atoms with E-state index in [9.17, 15) is 9.59 Å². The van der Waals surface area contributed by atoms with Crippen molar-refractivity contribution in [3.63, 3.8) is 0 Å². The number of para-hydroxylation sites is 2. The van der Waals surface area contributed by atoms with E-state index in [0.717, 1.165) is 23.1 Å². The molecule has 2 heterocycles. The molecule has 1 aromatic heterocycles. The highest BCUT2D eigenvalue weighted by atomic mass is 16.2. The Kier molecular flexibility index (Phi) is 4.15. The van der Waals surface area contributed by atoms with E-state index in [-0.39, 0.29) is 11.8 Å². The molecule has 27 heavy (non-hydrogen) atoms. The molecule has 2 amide bonds. The first-order valence-corrected chi connectivity index (χ1v) is 9.03. The molecule has 0 atom stereocenters. The summed E-state index contributed by atoms with van der Waals surface area (Å²) in [6, 6.07) is 17.2. The minimum Gasteiger partial charge on any atom is -0.323 e. The van der Waals surface area contributed by atoms with Gasteiger partial charge in [0.15, 0.2) is 0 Å². The van der Waals surface area contributed by atoms with E-state index in [2.05, 4.69) is 10.3 Å². The number of hydrogen-bond acceptors (Lipinski definition) is 3. The standard InChI is InChI=1S/C22H21N3O2/c1-22(2,21(27)25-14-12-15-7-3-4-11-18(15)25)20(26)24-17-10-5-8-16-9-6-13-23-19(16)17/h3-11,13H,12,14H2,1-2H3,(H,24,26). The Bertz CT molecular complexity index is 1040. The lowest BCUT2D eigenvalue weighted by Gasteiger charge is -2.28. The van der Waals surface area contributed by atoms with Crippen LogP contribution in [0.15, 0.2) is 60.8 Å². The average Bonchev–Trinajstić information content (AvgIpc) is 3.11. The average molecular weight is 359 g/mol. The first-order chi connectivity index (χ1) is 13.0. The lowest BCUT2D eigenvalue weighted by Crippen LogP contribution is -2.47. The van der Waals surface area contributed by atoms with E-state index in [1.807, 2.05) is 48.5 Å². The van der Waals surface area contributed by atoms with Crippen molar-refractivity contribution in [2.45, 2.75) is 20.3 Å². The van der Waals surface area contributed by atoms with Gasteiger partial charge in [0.1, 0.15) is 5.41 Å². The van der Waals surface area contributed by atoms with Crippen molar-refractivity contribution < 1.29 is 9.59 Å². The normalized spacial score (nSPS) is 13.5. The minimum absolute atomic E-state index is 0.196. The summed E-state index contributed by atoms with van der Waals surface area (Å²) in [6.07, 6.45) is 2.50. The Balaban J connectivity index is 1.60. The third-order valence-corrected chi connectivity index (χ3v) is 5.12. The summed E-state index contributed by atoms with van der Waals surface area (Å²) in [6.45, 7) is 3.94. The summed E-state index contributed by atoms with van der Waals surface area (Å²) in [5.74, 6) is -0.534. The van der Waals surface area contributed by atoms with E-state index in [1.165, 1.54) is 0 Å². The Morgan fingerprint density at radius 3 is 2.67 bits per heavy atom. The maximum atomic E-state index is 13.2. The highest BCUT2D eigenvalue weighted by Crippen LogP contribution is 2.33. The molecule has 136 valence electrons. The van der Waals surface area contributed by atoms with E-state index in [0.29, 0.717) is 17.7 Å². The van der Waals surface area contributed by atoms with Crippen LogP contribution in [0.1, 0.15) is 19.4 Å². The summed E-state index contributed by atoms with van der Waals surface area (Å²) in [5, 5.41) is 3.84. The fourth-order valence-electron chi connectivity index (χ4n) is 3.47. The summed E-state index contributed by atoms with van der Waals surface area (Å²) < 4.78 is 0. The van der Waals surface area contributed by atoms with Crippen molar-refractivity contribution in [1.29, 1.82) is 0 Å². The largest absolute Gasteiger partial charge is 0.323 e. The molecule has 1 aliphatic heterocycles. The number of amides is 2. The summed E-state index contributed by atoms with van der Waals surface area (Å²) in [7, 11) is 0. The number of aromatic nitrogens is 1. The molecule has 0 bridgehead atoms. The van der Waals surface area contributed by atoms with Crippen molar-refractivity contribution >= 4 is 34.1 Å². The van der Waals surface area contributed by atoms with Crippen LogP contribution in [0.25, 0.3) is 10.9 Å². The van der Waals surface area contributed by atoms with Crippen LogP contribution in [0.4, 0.5) is 11.4 Å². The fraction of sp³-hybridized carbons (Fsp3) is 0.227. The number of nitrogens with one attached hydrogen (secondary N) is 1. The van der Waals surface area contributed by atoms with E-state index in [1.54, 1.807) is 31.0 Å². The van der Waals surface area contributed by atoms with Gasteiger partial charge in [0.05, 0.1) is 11.2 Å². The number of nitrogens with zero attached hydrogens (tertiary/aromatic N) is 2. The monoisotopic (exact) mass is 359 g/mol. The fourth-order valence-corrected chi connectivity index (χ4v) is 3.47. The molecule has 5 heteroatoms. The molecular formula is C22H21N3O2. The van der Waals surface area contributed by atoms with Crippen LogP contribution in [0.2, 0.25) is 0 Å². The van der Waals surface area contributed by atoms with Crippen molar-refractivity contribution in [3.8, 4) is 0 Å². The topological polar surface area (TPSA) is 62.3 Å². The molecule has 0 aliphatic carbocycles. The van der Waals surface area contributed by atoms with Crippen LogP contribution in [0.3, 0.4) is 0 Å². The van der Waals surface area contributed by atoms with Gasteiger partial charge in [-0.1, -0.05) is 36.4 Å².